The van der Waals surface area contributed by atoms with Gasteiger partial charge in [-0.05, 0) is 19.1 Å². The minimum absolute atomic E-state index is 0.00840. The fourth-order valence-electron chi connectivity index (χ4n) is 1.59. The monoisotopic (exact) mass is 263 g/mol. The molecule has 0 unspecified atom stereocenters. The lowest BCUT2D eigenvalue weighted by molar-refractivity contribution is -0.136. The molecular weight excluding hydrogens is 250 g/mol. The van der Waals surface area contributed by atoms with Gasteiger partial charge in [0.15, 0.2) is 0 Å². The Bertz CT molecular complexity index is 551. The van der Waals surface area contributed by atoms with Gasteiger partial charge in [0.25, 0.3) is 0 Å². The normalized spacial score (nSPS) is 10.3. The molecule has 0 aliphatic heterocycles. The SMILES string of the molecule is CCOc1ccccc1-c1ncc(CC(=O)O)s1. The number of benzene rings is 1. The number of rotatable bonds is 5. The minimum atomic E-state index is -0.844. The van der Waals surface area contributed by atoms with Crippen molar-refractivity contribution in [2.75, 3.05) is 6.61 Å². The summed E-state index contributed by atoms with van der Waals surface area (Å²) in [7, 11) is 0. The molecule has 0 saturated heterocycles. The second-order valence-corrected chi connectivity index (χ2v) is 4.75. The van der Waals surface area contributed by atoms with Gasteiger partial charge in [0.05, 0.1) is 18.6 Å². The molecule has 0 radical (unpaired) electrons. The molecule has 1 aromatic carbocycles. The van der Waals surface area contributed by atoms with Gasteiger partial charge in [-0.25, -0.2) is 4.98 Å². The van der Waals surface area contributed by atoms with Gasteiger partial charge < -0.3 is 9.84 Å². The van der Waals surface area contributed by atoms with Crippen molar-refractivity contribution in [3.8, 4) is 16.3 Å². The number of aliphatic carboxylic acids is 1. The van der Waals surface area contributed by atoms with Gasteiger partial charge >= 0.3 is 5.97 Å². The van der Waals surface area contributed by atoms with E-state index in [0.717, 1.165) is 21.2 Å². The summed E-state index contributed by atoms with van der Waals surface area (Å²) in [5.74, 6) is -0.0699. The number of aromatic nitrogens is 1. The zero-order valence-corrected chi connectivity index (χ0v) is 10.7. The molecule has 0 amide bonds. The van der Waals surface area contributed by atoms with Gasteiger partial charge in [0, 0.05) is 11.1 Å². The first kappa shape index (κ1) is 12.6. The Morgan fingerprint density at radius 1 is 1.44 bits per heavy atom. The molecule has 0 saturated carbocycles. The van der Waals surface area contributed by atoms with E-state index in [0.29, 0.717) is 6.61 Å². The highest BCUT2D eigenvalue weighted by molar-refractivity contribution is 7.15. The Morgan fingerprint density at radius 2 is 2.22 bits per heavy atom. The summed E-state index contributed by atoms with van der Waals surface area (Å²) in [4.78, 5) is 15.6. The van der Waals surface area contributed by atoms with Crippen LogP contribution in [0.2, 0.25) is 0 Å². The largest absolute Gasteiger partial charge is 0.493 e. The van der Waals surface area contributed by atoms with Gasteiger partial charge in [-0.2, -0.15) is 0 Å². The number of carboxylic acids is 1. The van der Waals surface area contributed by atoms with Crippen LogP contribution in [-0.4, -0.2) is 22.7 Å². The average molecular weight is 263 g/mol. The molecule has 0 spiro atoms. The predicted octanol–water partition coefficient (Wildman–Crippen LogP) is 2.84. The quantitative estimate of drug-likeness (QED) is 0.901. The van der Waals surface area contributed by atoms with E-state index >= 15 is 0 Å². The zero-order chi connectivity index (χ0) is 13.0. The Morgan fingerprint density at radius 3 is 2.94 bits per heavy atom. The third kappa shape index (κ3) is 2.87. The highest BCUT2D eigenvalue weighted by Gasteiger charge is 2.11. The van der Waals surface area contributed by atoms with E-state index in [1.54, 1.807) is 6.20 Å². The molecular formula is C13H13NO3S. The van der Waals surface area contributed by atoms with E-state index in [1.165, 1.54) is 11.3 Å². The van der Waals surface area contributed by atoms with E-state index < -0.39 is 5.97 Å². The van der Waals surface area contributed by atoms with Gasteiger partial charge in [-0.1, -0.05) is 12.1 Å². The second kappa shape index (κ2) is 5.64. The van der Waals surface area contributed by atoms with E-state index in [9.17, 15) is 4.79 Å². The number of para-hydroxylation sites is 1. The lowest BCUT2D eigenvalue weighted by atomic mass is 10.2. The number of hydrogen-bond donors (Lipinski definition) is 1. The number of carboxylic acid groups (broad SMARTS) is 1. The Labute approximate surface area is 109 Å². The van der Waals surface area contributed by atoms with Crippen LogP contribution in [0.4, 0.5) is 0 Å². The van der Waals surface area contributed by atoms with Crippen molar-refractivity contribution >= 4 is 17.3 Å². The topological polar surface area (TPSA) is 59.4 Å². The summed E-state index contributed by atoms with van der Waals surface area (Å²) in [6.45, 7) is 2.51. The van der Waals surface area contributed by atoms with Crippen molar-refractivity contribution in [1.82, 2.24) is 4.98 Å². The number of ether oxygens (including phenoxy) is 1. The fraction of sp³-hybridized carbons (Fsp3) is 0.231. The lowest BCUT2D eigenvalue weighted by Gasteiger charge is -2.06. The highest BCUT2D eigenvalue weighted by atomic mass is 32.1. The van der Waals surface area contributed by atoms with Crippen LogP contribution in [0.25, 0.3) is 10.6 Å². The first-order valence-corrected chi connectivity index (χ1v) is 6.41. The maximum Gasteiger partial charge on any atom is 0.308 e. The third-order valence-electron chi connectivity index (χ3n) is 2.30. The molecule has 5 heteroatoms. The van der Waals surface area contributed by atoms with Crippen molar-refractivity contribution in [3.05, 3.63) is 35.3 Å². The van der Waals surface area contributed by atoms with Crippen molar-refractivity contribution < 1.29 is 14.6 Å². The van der Waals surface area contributed by atoms with E-state index in [2.05, 4.69) is 4.98 Å². The van der Waals surface area contributed by atoms with Crippen molar-refractivity contribution in [3.63, 3.8) is 0 Å². The summed E-state index contributed by atoms with van der Waals surface area (Å²) in [6, 6.07) is 7.63. The smallest absolute Gasteiger partial charge is 0.308 e. The average Bonchev–Trinajstić information content (AvgIpc) is 2.77. The number of nitrogens with zero attached hydrogens (tertiary/aromatic N) is 1. The molecule has 0 atom stereocenters. The third-order valence-corrected chi connectivity index (χ3v) is 3.33. The fourth-order valence-corrected chi connectivity index (χ4v) is 2.52. The summed E-state index contributed by atoms with van der Waals surface area (Å²) < 4.78 is 5.53. The lowest BCUT2D eigenvalue weighted by Crippen LogP contribution is -1.97. The van der Waals surface area contributed by atoms with Crippen LogP contribution >= 0.6 is 11.3 Å². The molecule has 0 aliphatic rings. The molecule has 1 aromatic heterocycles. The standard InChI is InChI=1S/C13H13NO3S/c1-2-17-11-6-4-3-5-10(11)13-14-8-9(18-13)7-12(15)16/h3-6,8H,2,7H2,1H3,(H,15,16). The summed E-state index contributed by atoms with van der Waals surface area (Å²) in [5, 5.41) is 9.53. The Kier molecular flexibility index (Phi) is 3.94. The van der Waals surface area contributed by atoms with Gasteiger partial charge in [0.1, 0.15) is 10.8 Å². The number of carbonyl (C=O) groups is 1. The van der Waals surface area contributed by atoms with Crippen molar-refractivity contribution in [2.24, 2.45) is 0 Å². The Hall–Kier alpha value is -1.88. The predicted molar refractivity (Wildman–Crippen MR) is 70.1 cm³/mol. The van der Waals surface area contributed by atoms with E-state index in [4.69, 9.17) is 9.84 Å². The molecule has 94 valence electrons. The Balaban J connectivity index is 2.30. The van der Waals surface area contributed by atoms with E-state index in [1.807, 2.05) is 31.2 Å². The van der Waals surface area contributed by atoms with Crippen LogP contribution < -0.4 is 4.74 Å². The molecule has 2 rings (SSSR count). The molecule has 0 aliphatic carbocycles. The van der Waals surface area contributed by atoms with Gasteiger partial charge in [-0.3, -0.25) is 4.79 Å². The van der Waals surface area contributed by atoms with Crippen LogP contribution in [0.5, 0.6) is 5.75 Å². The molecule has 1 N–H and O–H groups in total. The van der Waals surface area contributed by atoms with Crippen LogP contribution in [0.15, 0.2) is 30.5 Å². The zero-order valence-electron chi connectivity index (χ0n) is 9.92. The first-order valence-electron chi connectivity index (χ1n) is 5.59. The summed E-state index contributed by atoms with van der Waals surface area (Å²) >= 11 is 1.38. The van der Waals surface area contributed by atoms with Crippen molar-refractivity contribution in [2.45, 2.75) is 13.3 Å². The highest BCUT2D eigenvalue weighted by Crippen LogP contribution is 2.32. The van der Waals surface area contributed by atoms with Crippen molar-refractivity contribution in [1.29, 1.82) is 0 Å². The molecule has 0 fully saturated rings. The molecule has 18 heavy (non-hydrogen) atoms. The molecule has 2 aromatic rings. The van der Waals surface area contributed by atoms with Crippen LogP contribution in [-0.2, 0) is 11.2 Å². The van der Waals surface area contributed by atoms with Crippen LogP contribution in [0, 0.1) is 0 Å². The summed E-state index contributed by atoms with van der Waals surface area (Å²) in [5.41, 5.74) is 0.904. The van der Waals surface area contributed by atoms with Crippen LogP contribution in [0.1, 0.15) is 11.8 Å². The second-order valence-electron chi connectivity index (χ2n) is 3.63. The maximum atomic E-state index is 10.6. The first-order chi connectivity index (χ1) is 8.70. The maximum absolute atomic E-state index is 10.6. The number of thiazole rings is 1. The number of hydrogen-bond acceptors (Lipinski definition) is 4. The van der Waals surface area contributed by atoms with Crippen LogP contribution in [0.3, 0.4) is 0 Å². The van der Waals surface area contributed by atoms with Gasteiger partial charge in [-0.15, -0.1) is 11.3 Å². The minimum Gasteiger partial charge on any atom is -0.493 e. The summed E-state index contributed by atoms with van der Waals surface area (Å²) in [6.07, 6.45) is 1.62. The van der Waals surface area contributed by atoms with Gasteiger partial charge in [0.2, 0.25) is 0 Å². The molecule has 4 nitrogen and oxygen atoms in total. The molecule has 0 bridgehead atoms. The molecule has 1 heterocycles. The van der Waals surface area contributed by atoms with E-state index in [-0.39, 0.29) is 6.42 Å².